The Balaban J connectivity index is 1.94. The number of aromatic amines is 1. The Labute approximate surface area is 126 Å². The average molecular weight is 303 g/mol. The van der Waals surface area contributed by atoms with Crippen molar-refractivity contribution < 1.29 is 14.3 Å². The van der Waals surface area contributed by atoms with E-state index in [4.69, 9.17) is 9.47 Å². The number of methoxy groups -OCH3 is 1. The molecule has 1 aromatic heterocycles. The fraction of sp³-hybridized carbons (Fsp3) is 0.400. The van der Waals surface area contributed by atoms with Gasteiger partial charge in [0.05, 0.1) is 43.3 Å². The fourth-order valence-electron chi connectivity index (χ4n) is 2.48. The number of carbonyl (C=O) groups excluding carboxylic acids is 1. The number of esters is 1. The molecule has 7 nitrogen and oxygen atoms in total. The monoisotopic (exact) mass is 303 g/mol. The van der Waals surface area contributed by atoms with Gasteiger partial charge in [-0.05, 0) is 18.2 Å². The SMILES string of the molecule is COC(=O)c1ccc2c(=O)[nH]c(CN3CCOCC3)nc2c1. The van der Waals surface area contributed by atoms with Gasteiger partial charge in [-0.3, -0.25) is 9.69 Å². The molecule has 0 radical (unpaired) electrons. The summed E-state index contributed by atoms with van der Waals surface area (Å²) in [5.74, 6) is 0.139. The van der Waals surface area contributed by atoms with Crippen LogP contribution in [-0.2, 0) is 16.0 Å². The van der Waals surface area contributed by atoms with Gasteiger partial charge in [-0.1, -0.05) is 0 Å². The van der Waals surface area contributed by atoms with Gasteiger partial charge in [-0.25, -0.2) is 9.78 Å². The van der Waals surface area contributed by atoms with Gasteiger partial charge in [-0.2, -0.15) is 0 Å². The van der Waals surface area contributed by atoms with Crippen molar-refractivity contribution in [1.82, 2.24) is 14.9 Å². The first-order valence-corrected chi connectivity index (χ1v) is 7.09. The molecule has 2 heterocycles. The van der Waals surface area contributed by atoms with Crippen LogP contribution >= 0.6 is 0 Å². The number of benzene rings is 1. The Kier molecular flexibility index (Phi) is 4.17. The first kappa shape index (κ1) is 14.7. The van der Waals surface area contributed by atoms with Crippen LogP contribution in [0.5, 0.6) is 0 Å². The summed E-state index contributed by atoms with van der Waals surface area (Å²) in [6.07, 6.45) is 0. The summed E-state index contributed by atoms with van der Waals surface area (Å²) in [6.45, 7) is 3.54. The van der Waals surface area contributed by atoms with Gasteiger partial charge in [0.1, 0.15) is 5.82 Å². The molecule has 0 saturated carbocycles. The predicted molar refractivity (Wildman–Crippen MR) is 79.8 cm³/mol. The first-order valence-electron chi connectivity index (χ1n) is 7.09. The van der Waals surface area contributed by atoms with Crippen molar-refractivity contribution in [2.75, 3.05) is 33.4 Å². The van der Waals surface area contributed by atoms with E-state index in [0.29, 0.717) is 42.0 Å². The highest BCUT2D eigenvalue weighted by atomic mass is 16.5. The second-order valence-corrected chi connectivity index (χ2v) is 5.12. The van der Waals surface area contributed by atoms with Gasteiger partial charge >= 0.3 is 5.97 Å². The highest BCUT2D eigenvalue weighted by Gasteiger charge is 2.14. The number of morpholine rings is 1. The minimum Gasteiger partial charge on any atom is -0.465 e. The molecule has 3 rings (SSSR count). The maximum absolute atomic E-state index is 12.1. The Morgan fingerprint density at radius 2 is 2.18 bits per heavy atom. The smallest absolute Gasteiger partial charge is 0.337 e. The van der Waals surface area contributed by atoms with Gasteiger partial charge < -0.3 is 14.5 Å². The number of nitrogens with zero attached hydrogens (tertiary/aromatic N) is 2. The molecule has 1 fully saturated rings. The minimum absolute atomic E-state index is 0.204. The molecule has 0 aliphatic carbocycles. The molecule has 1 aliphatic rings. The van der Waals surface area contributed by atoms with Crippen LogP contribution in [0, 0.1) is 0 Å². The molecule has 22 heavy (non-hydrogen) atoms. The number of nitrogens with one attached hydrogen (secondary N) is 1. The van der Waals surface area contributed by atoms with E-state index in [1.165, 1.54) is 7.11 Å². The summed E-state index contributed by atoms with van der Waals surface area (Å²) in [7, 11) is 1.32. The Morgan fingerprint density at radius 1 is 1.41 bits per heavy atom. The van der Waals surface area contributed by atoms with Crippen LogP contribution < -0.4 is 5.56 Å². The van der Waals surface area contributed by atoms with Crippen molar-refractivity contribution in [1.29, 1.82) is 0 Å². The van der Waals surface area contributed by atoms with Crippen LogP contribution in [0.1, 0.15) is 16.2 Å². The number of rotatable bonds is 3. The van der Waals surface area contributed by atoms with E-state index in [0.717, 1.165) is 13.1 Å². The van der Waals surface area contributed by atoms with Crippen LogP contribution in [0.25, 0.3) is 10.9 Å². The van der Waals surface area contributed by atoms with E-state index < -0.39 is 5.97 Å². The summed E-state index contributed by atoms with van der Waals surface area (Å²) < 4.78 is 9.99. The van der Waals surface area contributed by atoms with E-state index in [9.17, 15) is 9.59 Å². The van der Waals surface area contributed by atoms with E-state index >= 15 is 0 Å². The molecule has 0 spiro atoms. The van der Waals surface area contributed by atoms with Gasteiger partial charge in [0.25, 0.3) is 5.56 Å². The normalized spacial score (nSPS) is 15.9. The third-order valence-corrected chi connectivity index (χ3v) is 3.65. The van der Waals surface area contributed by atoms with Gasteiger partial charge in [0.2, 0.25) is 0 Å². The molecule has 116 valence electrons. The maximum Gasteiger partial charge on any atom is 0.337 e. The molecule has 0 atom stereocenters. The van der Waals surface area contributed by atoms with Crippen molar-refractivity contribution >= 4 is 16.9 Å². The van der Waals surface area contributed by atoms with Crippen LogP contribution in [0.2, 0.25) is 0 Å². The number of ether oxygens (including phenoxy) is 2. The average Bonchev–Trinajstić information content (AvgIpc) is 2.54. The molecular formula is C15H17N3O4. The van der Waals surface area contributed by atoms with Crippen molar-refractivity contribution in [2.45, 2.75) is 6.54 Å². The van der Waals surface area contributed by atoms with Gasteiger partial charge in [0.15, 0.2) is 0 Å². The summed E-state index contributed by atoms with van der Waals surface area (Å²) in [4.78, 5) is 33.1. The standard InChI is InChI=1S/C15H17N3O4/c1-21-15(20)10-2-3-11-12(8-10)16-13(17-14(11)19)9-18-4-6-22-7-5-18/h2-3,8H,4-7,9H2,1H3,(H,16,17,19). The zero-order valence-electron chi connectivity index (χ0n) is 12.3. The Morgan fingerprint density at radius 3 is 2.91 bits per heavy atom. The molecule has 1 N–H and O–H groups in total. The third kappa shape index (κ3) is 3.00. The molecule has 0 bridgehead atoms. The van der Waals surface area contributed by atoms with E-state index in [-0.39, 0.29) is 5.56 Å². The molecule has 1 aromatic carbocycles. The van der Waals surface area contributed by atoms with Crippen LogP contribution in [-0.4, -0.2) is 54.3 Å². The fourth-order valence-corrected chi connectivity index (χ4v) is 2.48. The van der Waals surface area contributed by atoms with E-state index in [1.54, 1.807) is 18.2 Å². The Hall–Kier alpha value is -2.25. The highest BCUT2D eigenvalue weighted by Crippen LogP contribution is 2.12. The lowest BCUT2D eigenvalue weighted by Gasteiger charge is -2.25. The number of hydrogen-bond donors (Lipinski definition) is 1. The number of H-pyrrole nitrogens is 1. The molecule has 1 saturated heterocycles. The lowest BCUT2D eigenvalue weighted by atomic mass is 10.1. The zero-order chi connectivity index (χ0) is 15.5. The van der Waals surface area contributed by atoms with Crippen LogP contribution in [0.3, 0.4) is 0 Å². The molecule has 0 unspecified atom stereocenters. The lowest BCUT2D eigenvalue weighted by Crippen LogP contribution is -2.36. The number of hydrogen-bond acceptors (Lipinski definition) is 6. The molecule has 0 amide bonds. The van der Waals surface area contributed by atoms with Crippen LogP contribution in [0.4, 0.5) is 0 Å². The van der Waals surface area contributed by atoms with Gasteiger partial charge in [-0.15, -0.1) is 0 Å². The van der Waals surface area contributed by atoms with Crippen molar-refractivity contribution in [3.05, 3.63) is 39.9 Å². The maximum atomic E-state index is 12.1. The summed E-state index contributed by atoms with van der Waals surface area (Å²) in [5.41, 5.74) is 0.671. The summed E-state index contributed by atoms with van der Waals surface area (Å²) in [5, 5.41) is 0.457. The Bertz CT molecular complexity index is 750. The van der Waals surface area contributed by atoms with Crippen molar-refractivity contribution in [3.63, 3.8) is 0 Å². The number of aromatic nitrogens is 2. The molecular weight excluding hydrogens is 286 g/mol. The summed E-state index contributed by atoms with van der Waals surface area (Å²) >= 11 is 0. The first-order chi connectivity index (χ1) is 10.7. The van der Waals surface area contributed by atoms with E-state index in [2.05, 4.69) is 14.9 Å². The second kappa shape index (κ2) is 6.25. The van der Waals surface area contributed by atoms with Gasteiger partial charge in [0, 0.05) is 13.1 Å². The molecule has 1 aliphatic heterocycles. The van der Waals surface area contributed by atoms with Crippen molar-refractivity contribution in [2.24, 2.45) is 0 Å². The quantitative estimate of drug-likeness (QED) is 0.833. The second-order valence-electron chi connectivity index (χ2n) is 5.12. The topological polar surface area (TPSA) is 84.5 Å². The van der Waals surface area contributed by atoms with Crippen molar-refractivity contribution in [3.8, 4) is 0 Å². The van der Waals surface area contributed by atoms with E-state index in [1.807, 2.05) is 0 Å². The lowest BCUT2D eigenvalue weighted by molar-refractivity contribution is 0.0331. The summed E-state index contributed by atoms with van der Waals surface area (Å²) in [6, 6.07) is 4.73. The number of fused-ring (bicyclic) bond motifs is 1. The highest BCUT2D eigenvalue weighted by molar-refractivity contribution is 5.93. The van der Waals surface area contributed by atoms with Crippen LogP contribution in [0.15, 0.2) is 23.0 Å². The predicted octanol–water partition coefficient (Wildman–Crippen LogP) is 0.542. The molecule has 7 heteroatoms. The minimum atomic E-state index is -0.446. The zero-order valence-corrected chi connectivity index (χ0v) is 12.3. The number of carbonyl (C=O) groups is 1. The largest absolute Gasteiger partial charge is 0.465 e. The molecule has 2 aromatic rings. The third-order valence-electron chi connectivity index (χ3n) is 3.65.